The Hall–Kier alpha value is -0.780. The molecule has 6 heteroatoms. The molecule has 1 aromatic carbocycles. The van der Waals surface area contributed by atoms with E-state index in [1.54, 1.807) is 12.1 Å². The van der Waals surface area contributed by atoms with E-state index in [1.807, 2.05) is 12.1 Å². The lowest BCUT2D eigenvalue weighted by molar-refractivity contribution is -0.207. The Balaban J connectivity index is 2.43. The number of benzene rings is 1. The van der Waals surface area contributed by atoms with Gasteiger partial charge in [-0.15, -0.1) is 0 Å². The first kappa shape index (κ1) is 15.3. The summed E-state index contributed by atoms with van der Waals surface area (Å²) >= 11 is 5.94. The molecule has 0 aromatic heterocycles. The van der Waals surface area contributed by atoms with Crippen LogP contribution in [0.5, 0.6) is 0 Å². The monoisotopic (exact) mass is 281 g/mol. The van der Waals surface area contributed by atoms with Crippen LogP contribution < -0.4 is 0 Å². The van der Waals surface area contributed by atoms with Gasteiger partial charge in [-0.2, -0.15) is 13.2 Å². The second-order valence-corrected chi connectivity index (χ2v) is 4.57. The topological polar surface area (TPSA) is 23.5 Å². The zero-order valence-corrected chi connectivity index (χ0v) is 10.7. The zero-order chi connectivity index (χ0) is 13.8. The third kappa shape index (κ3) is 4.84. The molecule has 102 valence electrons. The fraction of sp³-hybridized carbons (Fsp3) is 0.500. The summed E-state index contributed by atoms with van der Waals surface area (Å²) < 4.78 is 36.4. The van der Waals surface area contributed by atoms with Gasteiger partial charge in [-0.05, 0) is 25.1 Å². The molecule has 0 heterocycles. The quantitative estimate of drug-likeness (QED) is 0.897. The number of hydrogen-bond acceptors (Lipinski definition) is 2. The summed E-state index contributed by atoms with van der Waals surface area (Å²) in [5, 5.41) is 9.51. The average molecular weight is 282 g/mol. The smallest absolute Gasteiger partial charge is 0.382 e. The maximum atomic E-state index is 12.1. The molecule has 0 aliphatic carbocycles. The highest BCUT2D eigenvalue weighted by atomic mass is 35.5. The molecule has 1 N–H and O–H groups in total. The summed E-state index contributed by atoms with van der Waals surface area (Å²) in [7, 11) is 1.53. The van der Waals surface area contributed by atoms with Crippen LogP contribution in [0.3, 0.4) is 0 Å². The minimum Gasteiger partial charge on any atom is -0.382 e. The van der Waals surface area contributed by atoms with Crippen molar-refractivity contribution in [3.05, 3.63) is 34.9 Å². The van der Waals surface area contributed by atoms with Crippen LogP contribution in [0.2, 0.25) is 5.02 Å². The van der Waals surface area contributed by atoms with Gasteiger partial charge in [-0.25, -0.2) is 0 Å². The van der Waals surface area contributed by atoms with Gasteiger partial charge in [0.2, 0.25) is 0 Å². The molecule has 18 heavy (non-hydrogen) atoms. The standard InChI is InChI=1S/C12H15ClF3NO/c1-17(8-11(18)12(14,15)16)7-6-9-4-2-3-5-10(9)13/h2-5,11,18H,6-8H2,1H3. The van der Waals surface area contributed by atoms with E-state index in [0.717, 1.165) is 5.56 Å². The zero-order valence-electron chi connectivity index (χ0n) is 9.91. The van der Waals surface area contributed by atoms with Crippen LogP contribution in [0.25, 0.3) is 0 Å². The van der Waals surface area contributed by atoms with E-state index in [2.05, 4.69) is 0 Å². The summed E-state index contributed by atoms with van der Waals surface area (Å²) in [5.74, 6) is 0. The van der Waals surface area contributed by atoms with Crippen molar-refractivity contribution in [2.24, 2.45) is 0 Å². The van der Waals surface area contributed by atoms with Gasteiger partial charge in [0.25, 0.3) is 0 Å². The molecule has 0 aliphatic heterocycles. The van der Waals surface area contributed by atoms with E-state index >= 15 is 0 Å². The minimum absolute atomic E-state index is 0.400. The van der Waals surface area contributed by atoms with Gasteiger partial charge >= 0.3 is 6.18 Å². The molecule has 0 bridgehead atoms. The number of halogens is 4. The van der Waals surface area contributed by atoms with Crippen LogP contribution in [0.15, 0.2) is 24.3 Å². The molecule has 2 nitrogen and oxygen atoms in total. The Bertz CT molecular complexity index is 384. The van der Waals surface area contributed by atoms with Crippen LogP contribution in [0, 0.1) is 0 Å². The van der Waals surface area contributed by atoms with Crippen molar-refractivity contribution in [1.82, 2.24) is 4.90 Å². The number of aliphatic hydroxyl groups excluding tert-OH is 1. The molecule has 0 saturated heterocycles. The highest BCUT2D eigenvalue weighted by Crippen LogP contribution is 2.21. The van der Waals surface area contributed by atoms with Gasteiger partial charge in [0, 0.05) is 18.1 Å². The first-order chi connectivity index (χ1) is 8.30. The third-order valence-corrected chi connectivity index (χ3v) is 2.95. The van der Waals surface area contributed by atoms with Gasteiger partial charge in [0.1, 0.15) is 0 Å². The van der Waals surface area contributed by atoms with E-state index in [1.165, 1.54) is 11.9 Å². The molecular formula is C12H15ClF3NO. The highest BCUT2D eigenvalue weighted by molar-refractivity contribution is 6.31. The van der Waals surface area contributed by atoms with Crippen molar-refractivity contribution in [3.8, 4) is 0 Å². The second kappa shape index (κ2) is 6.41. The minimum atomic E-state index is -4.57. The van der Waals surface area contributed by atoms with Crippen molar-refractivity contribution >= 4 is 11.6 Å². The van der Waals surface area contributed by atoms with E-state index in [4.69, 9.17) is 16.7 Å². The van der Waals surface area contributed by atoms with E-state index in [0.29, 0.717) is 18.0 Å². The fourth-order valence-corrected chi connectivity index (χ4v) is 1.73. The lowest BCUT2D eigenvalue weighted by Crippen LogP contribution is -2.40. The molecule has 1 rings (SSSR count). The predicted molar refractivity (Wildman–Crippen MR) is 64.7 cm³/mol. The molecule has 1 unspecified atom stereocenters. The first-order valence-electron chi connectivity index (χ1n) is 5.47. The van der Waals surface area contributed by atoms with Crippen molar-refractivity contribution < 1.29 is 18.3 Å². The highest BCUT2D eigenvalue weighted by Gasteiger charge is 2.38. The normalized spacial score (nSPS) is 13.9. The Morgan fingerprint density at radius 1 is 1.33 bits per heavy atom. The van der Waals surface area contributed by atoms with Crippen molar-refractivity contribution in [2.75, 3.05) is 20.1 Å². The van der Waals surface area contributed by atoms with Gasteiger partial charge < -0.3 is 10.0 Å². The van der Waals surface area contributed by atoms with Crippen LogP contribution in [-0.4, -0.2) is 42.4 Å². The maximum Gasteiger partial charge on any atom is 0.415 e. The average Bonchev–Trinajstić information content (AvgIpc) is 2.26. The Morgan fingerprint density at radius 2 is 1.94 bits per heavy atom. The first-order valence-corrected chi connectivity index (χ1v) is 5.85. The summed E-state index contributed by atoms with van der Waals surface area (Å²) in [6, 6.07) is 7.19. The summed E-state index contributed by atoms with van der Waals surface area (Å²) in [6.07, 6.45) is -6.34. The fourth-order valence-electron chi connectivity index (χ4n) is 1.50. The molecule has 0 aliphatic rings. The lowest BCUT2D eigenvalue weighted by atomic mass is 10.1. The number of alkyl halides is 3. The SMILES string of the molecule is CN(CCc1ccccc1Cl)CC(O)C(F)(F)F. The number of rotatable bonds is 5. The van der Waals surface area contributed by atoms with Crippen LogP contribution in [0.4, 0.5) is 13.2 Å². The number of aliphatic hydroxyl groups is 1. The van der Waals surface area contributed by atoms with E-state index in [9.17, 15) is 13.2 Å². The molecule has 0 saturated carbocycles. The largest absolute Gasteiger partial charge is 0.415 e. The van der Waals surface area contributed by atoms with Crippen molar-refractivity contribution in [1.29, 1.82) is 0 Å². The van der Waals surface area contributed by atoms with Crippen molar-refractivity contribution in [3.63, 3.8) is 0 Å². The number of likely N-dealkylation sites (N-methyl/N-ethyl adjacent to an activating group) is 1. The molecule has 0 radical (unpaired) electrons. The van der Waals surface area contributed by atoms with Gasteiger partial charge in [0.05, 0.1) is 0 Å². The lowest BCUT2D eigenvalue weighted by Gasteiger charge is -2.22. The van der Waals surface area contributed by atoms with Gasteiger partial charge in [-0.3, -0.25) is 0 Å². The molecule has 0 amide bonds. The second-order valence-electron chi connectivity index (χ2n) is 4.16. The van der Waals surface area contributed by atoms with E-state index in [-0.39, 0.29) is 0 Å². The summed E-state index contributed by atoms with van der Waals surface area (Å²) in [6.45, 7) is -0.0369. The summed E-state index contributed by atoms with van der Waals surface area (Å²) in [5.41, 5.74) is 0.882. The number of nitrogens with zero attached hydrogens (tertiary/aromatic N) is 1. The molecule has 0 spiro atoms. The van der Waals surface area contributed by atoms with Crippen LogP contribution >= 0.6 is 11.6 Å². The molecule has 1 atom stereocenters. The Labute approximate surface area is 109 Å². The van der Waals surface area contributed by atoms with Gasteiger partial charge in [-0.1, -0.05) is 29.8 Å². The van der Waals surface area contributed by atoms with Crippen molar-refractivity contribution in [2.45, 2.75) is 18.7 Å². The van der Waals surface area contributed by atoms with Crippen LogP contribution in [-0.2, 0) is 6.42 Å². The molecule has 1 aromatic rings. The summed E-state index contributed by atoms with van der Waals surface area (Å²) in [4.78, 5) is 1.43. The predicted octanol–water partition coefficient (Wildman–Crippen LogP) is 2.74. The molecule has 0 fully saturated rings. The van der Waals surface area contributed by atoms with Crippen LogP contribution in [0.1, 0.15) is 5.56 Å². The molecular weight excluding hydrogens is 267 g/mol. The van der Waals surface area contributed by atoms with Gasteiger partial charge in [0.15, 0.2) is 6.10 Å². The Morgan fingerprint density at radius 3 is 2.50 bits per heavy atom. The number of hydrogen-bond donors (Lipinski definition) is 1. The Kier molecular flexibility index (Phi) is 5.44. The maximum absolute atomic E-state index is 12.1. The van der Waals surface area contributed by atoms with E-state index < -0.39 is 18.8 Å². The third-order valence-electron chi connectivity index (χ3n) is 2.58.